The first-order chi connectivity index (χ1) is 10.5. The van der Waals surface area contributed by atoms with Crippen molar-refractivity contribution in [3.63, 3.8) is 0 Å². The van der Waals surface area contributed by atoms with Crippen molar-refractivity contribution in [1.82, 2.24) is 0 Å². The minimum Gasteiger partial charge on any atom is -0.454 e. The smallest absolute Gasteiger partial charge is 0.335 e. The average Bonchev–Trinajstić information content (AvgIpc) is 3.00. The molecule has 0 saturated carbocycles. The Morgan fingerprint density at radius 3 is 2.68 bits per heavy atom. The topological polar surface area (TPSA) is 64.6 Å². The zero-order valence-corrected chi connectivity index (χ0v) is 12.4. The van der Waals surface area contributed by atoms with Gasteiger partial charge in [0.25, 0.3) is 11.7 Å². The molecule has 8 heteroatoms. The minimum absolute atomic E-state index is 0.401. The van der Waals surface area contributed by atoms with Gasteiger partial charge in [-0.25, -0.2) is 4.79 Å². The molecular formula is C14H15F2NO4S. The Hall–Kier alpha value is -1.67. The molecule has 1 aromatic rings. The van der Waals surface area contributed by atoms with Gasteiger partial charge in [-0.05, 0) is 37.1 Å². The van der Waals surface area contributed by atoms with E-state index in [1.165, 1.54) is 24.3 Å². The first-order valence-corrected chi connectivity index (χ1v) is 7.55. The highest BCUT2D eigenvalue weighted by atomic mass is 32.2. The van der Waals surface area contributed by atoms with Gasteiger partial charge in [0.2, 0.25) is 0 Å². The summed E-state index contributed by atoms with van der Waals surface area (Å²) in [6, 6.07) is 5.96. The molecule has 1 atom stereocenters. The number of ether oxygens (including phenoxy) is 2. The molecule has 0 aliphatic carbocycles. The number of rotatable bonds is 6. The van der Waals surface area contributed by atoms with Gasteiger partial charge in [0.1, 0.15) is 0 Å². The Morgan fingerprint density at radius 1 is 1.36 bits per heavy atom. The number of esters is 1. The minimum atomic E-state index is -2.49. The van der Waals surface area contributed by atoms with E-state index in [-0.39, 0.29) is 0 Å². The van der Waals surface area contributed by atoms with Crippen LogP contribution in [0.4, 0.5) is 14.5 Å². The number of carbonyl (C=O) groups excluding carboxylic acids is 2. The lowest BCUT2D eigenvalue weighted by Crippen LogP contribution is -2.27. The molecule has 0 spiro atoms. The summed E-state index contributed by atoms with van der Waals surface area (Å²) in [6.45, 7) is 0.112. The molecule has 1 aromatic carbocycles. The van der Waals surface area contributed by atoms with Crippen LogP contribution in [0.3, 0.4) is 0 Å². The van der Waals surface area contributed by atoms with Gasteiger partial charge in [0.15, 0.2) is 12.7 Å². The van der Waals surface area contributed by atoms with E-state index in [4.69, 9.17) is 9.47 Å². The van der Waals surface area contributed by atoms with Gasteiger partial charge < -0.3 is 14.8 Å². The summed E-state index contributed by atoms with van der Waals surface area (Å²) in [5.41, 5.74) is 0.441. The molecule has 1 aliphatic rings. The van der Waals surface area contributed by atoms with E-state index in [2.05, 4.69) is 5.32 Å². The van der Waals surface area contributed by atoms with E-state index >= 15 is 0 Å². The Balaban J connectivity index is 1.75. The van der Waals surface area contributed by atoms with E-state index in [9.17, 15) is 18.4 Å². The van der Waals surface area contributed by atoms with Gasteiger partial charge in [-0.3, -0.25) is 4.79 Å². The fourth-order valence-electron chi connectivity index (χ4n) is 1.91. The molecular weight excluding hydrogens is 316 g/mol. The Bertz CT molecular complexity index is 518. The molecule has 0 aromatic heterocycles. The Kier molecular flexibility index (Phi) is 6.14. The van der Waals surface area contributed by atoms with Crippen LogP contribution in [-0.2, 0) is 19.1 Å². The predicted octanol–water partition coefficient (Wildman–Crippen LogP) is 2.66. The maximum absolute atomic E-state index is 12.2. The predicted molar refractivity (Wildman–Crippen MR) is 76.9 cm³/mol. The number of nitrogens with one attached hydrogen (secondary N) is 1. The molecule has 2 rings (SSSR count). The Labute approximate surface area is 130 Å². The van der Waals surface area contributed by atoms with E-state index < -0.39 is 30.3 Å². The number of hydrogen-bond acceptors (Lipinski definition) is 5. The van der Waals surface area contributed by atoms with Crippen LogP contribution in [0.1, 0.15) is 12.8 Å². The van der Waals surface area contributed by atoms with Crippen molar-refractivity contribution < 1.29 is 27.8 Å². The third kappa shape index (κ3) is 5.27. The van der Waals surface area contributed by atoms with Crippen LogP contribution in [-0.4, -0.2) is 37.0 Å². The molecule has 5 nitrogen and oxygen atoms in total. The van der Waals surface area contributed by atoms with Gasteiger partial charge in [-0.1, -0.05) is 11.8 Å². The maximum atomic E-state index is 12.2. The maximum Gasteiger partial charge on any atom is 0.335 e. The van der Waals surface area contributed by atoms with Crippen molar-refractivity contribution in [3.8, 4) is 0 Å². The molecule has 1 aliphatic heterocycles. The molecule has 1 fully saturated rings. The van der Waals surface area contributed by atoms with Crippen LogP contribution >= 0.6 is 11.8 Å². The molecule has 22 heavy (non-hydrogen) atoms. The second-order valence-corrected chi connectivity index (χ2v) is 5.62. The SMILES string of the molecule is O=C(COC(=O)[C@H]1CCCO1)Nc1ccc(SC(F)F)cc1. The van der Waals surface area contributed by atoms with Crippen molar-refractivity contribution in [2.75, 3.05) is 18.5 Å². The highest BCUT2D eigenvalue weighted by Crippen LogP contribution is 2.26. The zero-order chi connectivity index (χ0) is 15.9. The fourth-order valence-corrected chi connectivity index (χ4v) is 2.41. The standard InChI is InChI=1S/C14H15F2NO4S/c15-14(16)22-10-5-3-9(4-6-10)17-12(18)8-21-13(19)11-2-1-7-20-11/h3-6,11,14H,1-2,7-8H2,(H,17,18)/t11-/m1/s1. The summed E-state index contributed by atoms with van der Waals surface area (Å²) in [7, 11) is 0. The fraction of sp³-hybridized carbons (Fsp3) is 0.429. The molecule has 0 unspecified atom stereocenters. The number of thioether (sulfide) groups is 1. The molecule has 1 heterocycles. The van der Waals surface area contributed by atoms with Crippen LogP contribution in [0.2, 0.25) is 0 Å². The zero-order valence-electron chi connectivity index (χ0n) is 11.6. The summed E-state index contributed by atoms with van der Waals surface area (Å²) >= 11 is 0.425. The molecule has 120 valence electrons. The van der Waals surface area contributed by atoms with Crippen LogP contribution in [0, 0.1) is 0 Å². The third-order valence-corrected chi connectivity index (χ3v) is 3.62. The van der Waals surface area contributed by atoms with Crippen molar-refractivity contribution >= 4 is 29.3 Å². The summed E-state index contributed by atoms with van der Waals surface area (Å²) in [5.74, 6) is -3.53. The number of amides is 1. The van der Waals surface area contributed by atoms with Gasteiger partial charge >= 0.3 is 5.97 Å². The largest absolute Gasteiger partial charge is 0.454 e. The molecule has 0 radical (unpaired) electrons. The van der Waals surface area contributed by atoms with E-state index in [1.54, 1.807) is 0 Å². The lowest BCUT2D eigenvalue weighted by molar-refractivity contribution is -0.156. The summed E-state index contributed by atoms with van der Waals surface area (Å²) in [4.78, 5) is 23.6. The van der Waals surface area contributed by atoms with Crippen LogP contribution in [0.5, 0.6) is 0 Å². The third-order valence-electron chi connectivity index (χ3n) is 2.90. The first kappa shape index (κ1) is 16.7. The summed E-state index contributed by atoms with van der Waals surface area (Å²) in [6.07, 6.45) is 0.817. The van der Waals surface area contributed by atoms with E-state index in [0.717, 1.165) is 6.42 Å². The van der Waals surface area contributed by atoms with Crippen LogP contribution in [0.25, 0.3) is 0 Å². The Morgan fingerprint density at radius 2 is 2.09 bits per heavy atom. The molecule has 1 saturated heterocycles. The lowest BCUT2D eigenvalue weighted by atomic mass is 10.2. The van der Waals surface area contributed by atoms with Gasteiger partial charge in [-0.2, -0.15) is 8.78 Å². The van der Waals surface area contributed by atoms with Crippen molar-refractivity contribution in [2.24, 2.45) is 0 Å². The lowest BCUT2D eigenvalue weighted by Gasteiger charge is -2.10. The molecule has 0 bridgehead atoms. The second-order valence-electron chi connectivity index (χ2n) is 4.56. The highest BCUT2D eigenvalue weighted by molar-refractivity contribution is 7.99. The van der Waals surface area contributed by atoms with Crippen molar-refractivity contribution in [2.45, 2.75) is 29.6 Å². The van der Waals surface area contributed by atoms with Crippen molar-refractivity contribution in [3.05, 3.63) is 24.3 Å². The number of alkyl halides is 2. The molecule has 1 amide bonds. The summed E-state index contributed by atoms with van der Waals surface area (Å²) in [5, 5.41) is 2.51. The normalized spacial score (nSPS) is 17.5. The van der Waals surface area contributed by atoms with Gasteiger partial charge in [0, 0.05) is 17.2 Å². The van der Waals surface area contributed by atoms with Crippen LogP contribution < -0.4 is 5.32 Å². The average molecular weight is 331 g/mol. The number of halogens is 2. The quantitative estimate of drug-likeness (QED) is 0.641. The monoisotopic (exact) mass is 331 g/mol. The number of benzene rings is 1. The van der Waals surface area contributed by atoms with Crippen LogP contribution in [0.15, 0.2) is 29.2 Å². The number of anilines is 1. The number of carbonyl (C=O) groups is 2. The first-order valence-electron chi connectivity index (χ1n) is 6.67. The summed E-state index contributed by atoms with van der Waals surface area (Å²) < 4.78 is 34.3. The number of hydrogen-bond donors (Lipinski definition) is 1. The van der Waals surface area contributed by atoms with E-state index in [0.29, 0.717) is 35.4 Å². The van der Waals surface area contributed by atoms with Crippen molar-refractivity contribution in [1.29, 1.82) is 0 Å². The van der Waals surface area contributed by atoms with E-state index in [1.807, 2.05) is 0 Å². The van der Waals surface area contributed by atoms with Gasteiger partial charge in [0.05, 0.1) is 0 Å². The van der Waals surface area contributed by atoms with Gasteiger partial charge in [-0.15, -0.1) is 0 Å². The molecule has 1 N–H and O–H groups in total. The second kappa shape index (κ2) is 8.09. The highest BCUT2D eigenvalue weighted by Gasteiger charge is 2.25.